The summed E-state index contributed by atoms with van der Waals surface area (Å²) in [7, 11) is 1.84. The summed E-state index contributed by atoms with van der Waals surface area (Å²) in [6, 6.07) is 1.28. The van der Waals surface area contributed by atoms with Crippen LogP contribution in [0.4, 0.5) is 11.5 Å². The normalized spacial score (nSPS) is 15.7. The Kier molecular flexibility index (Phi) is 4.72. The van der Waals surface area contributed by atoms with Gasteiger partial charge in [-0.25, -0.2) is 9.78 Å². The summed E-state index contributed by atoms with van der Waals surface area (Å²) >= 11 is 0. The van der Waals surface area contributed by atoms with E-state index in [1.54, 1.807) is 0 Å². The zero-order valence-electron chi connectivity index (χ0n) is 12.0. The van der Waals surface area contributed by atoms with Gasteiger partial charge in [-0.05, 0) is 18.8 Å². The second-order valence-electron chi connectivity index (χ2n) is 5.51. The first-order valence-corrected chi connectivity index (χ1v) is 7.08. The van der Waals surface area contributed by atoms with Crippen molar-refractivity contribution in [3.05, 3.63) is 27.9 Å². The molecule has 2 rings (SSSR count). The van der Waals surface area contributed by atoms with Crippen LogP contribution in [0.3, 0.4) is 0 Å². The Labute approximate surface area is 122 Å². The zero-order valence-corrected chi connectivity index (χ0v) is 12.0. The first-order valence-electron chi connectivity index (χ1n) is 7.08. The molecular formula is C14H19N3O4. The van der Waals surface area contributed by atoms with E-state index in [1.807, 2.05) is 11.9 Å². The van der Waals surface area contributed by atoms with Gasteiger partial charge in [-0.15, -0.1) is 0 Å². The van der Waals surface area contributed by atoms with Gasteiger partial charge in [0.05, 0.1) is 4.92 Å². The lowest BCUT2D eigenvalue weighted by Gasteiger charge is -2.27. The molecule has 1 N–H and O–H groups in total. The quantitative estimate of drug-likeness (QED) is 0.662. The van der Waals surface area contributed by atoms with Crippen LogP contribution in [0.15, 0.2) is 12.3 Å². The number of nitrogens with zero attached hydrogens (tertiary/aromatic N) is 3. The van der Waals surface area contributed by atoms with Crippen LogP contribution in [-0.4, -0.2) is 34.6 Å². The number of pyridine rings is 1. The minimum atomic E-state index is -1.31. The van der Waals surface area contributed by atoms with E-state index in [0.29, 0.717) is 11.7 Å². The van der Waals surface area contributed by atoms with E-state index in [0.717, 1.165) is 12.7 Å². The van der Waals surface area contributed by atoms with Crippen molar-refractivity contribution in [2.75, 3.05) is 18.5 Å². The second kappa shape index (κ2) is 6.51. The number of aromatic nitrogens is 1. The summed E-state index contributed by atoms with van der Waals surface area (Å²) in [4.78, 5) is 27.1. The number of hydrogen-bond donors (Lipinski definition) is 1. The molecule has 1 heterocycles. The highest BCUT2D eigenvalue weighted by Gasteiger charge is 2.23. The number of carboxylic acid groups (broad SMARTS) is 1. The Morgan fingerprint density at radius 1 is 1.48 bits per heavy atom. The highest BCUT2D eigenvalue weighted by Crippen LogP contribution is 2.27. The van der Waals surface area contributed by atoms with Crippen molar-refractivity contribution in [3.63, 3.8) is 0 Å². The Morgan fingerprint density at radius 2 is 2.14 bits per heavy atom. The summed E-state index contributed by atoms with van der Waals surface area (Å²) in [6.45, 7) is 0.796. The van der Waals surface area contributed by atoms with Gasteiger partial charge in [-0.2, -0.15) is 0 Å². The van der Waals surface area contributed by atoms with Crippen molar-refractivity contribution in [1.29, 1.82) is 0 Å². The van der Waals surface area contributed by atoms with Gasteiger partial charge < -0.3 is 10.0 Å². The van der Waals surface area contributed by atoms with Crippen LogP contribution < -0.4 is 4.90 Å². The van der Waals surface area contributed by atoms with Gasteiger partial charge in [0.25, 0.3) is 0 Å². The number of carbonyl (C=O) groups is 1. The van der Waals surface area contributed by atoms with Gasteiger partial charge >= 0.3 is 11.7 Å². The fourth-order valence-electron chi connectivity index (χ4n) is 2.81. The van der Waals surface area contributed by atoms with E-state index in [1.165, 1.54) is 38.2 Å². The highest BCUT2D eigenvalue weighted by atomic mass is 16.6. The van der Waals surface area contributed by atoms with Gasteiger partial charge in [0, 0.05) is 19.7 Å². The zero-order chi connectivity index (χ0) is 15.4. The van der Waals surface area contributed by atoms with E-state index in [9.17, 15) is 14.9 Å². The number of hydrogen-bond acceptors (Lipinski definition) is 5. The third-order valence-corrected chi connectivity index (χ3v) is 3.94. The molecule has 0 amide bonds. The van der Waals surface area contributed by atoms with Gasteiger partial charge in [0.15, 0.2) is 0 Å². The van der Waals surface area contributed by atoms with Crippen LogP contribution in [0.25, 0.3) is 0 Å². The van der Waals surface area contributed by atoms with E-state index >= 15 is 0 Å². The molecule has 0 aromatic carbocycles. The third kappa shape index (κ3) is 3.68. The van der Waals surface area contributed by atoms with Crippen LogP contribution in [0.2, 0.25) is 0 Å². The van der Waals surface area contributed by atoms with Crippen molar-refractivity contribution in [2.45, 2.75) is 32.1 Å². The highest BCUT2D eigenvalue weighted by molar-refractivity contribution is 5.93. The molecule has 1 aromatic heterocycles. The Hall–Kier alpha value is -2.18. The second-order valence-corrected chi connectivity index (χ2v) is 5.51. The molecule has 1 aliphatic rings. The smallest absolute Gasteiger partial charge is 0.342 e. The van der Waals surface area contributed by atoms with Crippen molar-refractivity contribution in [2.24, 2.45) is 5.92 Å². The number of aromatic carboxylic acids is 1. The minimum absolute atomic E-state index is 0.319. The molecule has 0 radical (unpaired) electrons. The monoisotopic (exact) mass is 293 g/mol. The fourth-order valence-corrected chi connectivity index (χ4v) is 2.81. The molecule has 7 heteroatoms. The lowest BCUT2D eigenvalue weighted by Crippen LogP contribution is -2.27. The molecule has 0 bridgehead atoms. The number of carboxylic acids is 1. The molecular weight excluding hydrogens is 274 g/mol. The fraction of sp³-hybridized carbons (Fsp3) is 0.571. The predicted molar refractivity (Wildman–Crippen MR) is 77.7 cm³/mol. The molecule has 114 valence electrons. The van der Waals surface area contributed by atoms with Crippen molar-refractivity contribution < 1.29 is 14.8 Å². The lowest BCUT2D eigenvalue weighted by molar-refractivity contribution is -0.385. The summed E-state index contributed by atoms with van der Waals surface area (Å²) in [5.74, 6) is -0.269. The Bertz CT molecular complexity index is 541. The van der Waals surface area contributed by atoms with Crippen LogP contribution in [0, 0.1) is 16.0 Å². The van der Waals surface area contributed by atoms with Crippen LogP contribution in [-0.2, 0) is 0 Å². The molecule has 21 heavy (non-hydrogen) atoms. The van der Waals surface area contributed by atoms with E-state index < -0.39 is 16.6 Å². The lowest BCUT2D eigenvalue weighted by atomic mass is 9.89. The van der Waals surface area contributed by atoms with E-state index in [-0.39, 0.29) is 5.56 Å². The van der Waals surface area contributed by atoms with Gasteiger partial charge in [0.1, 0.15) is 17.6 Å². The largest absolute Gasteiger partial charge is 0.477 e. The number of nitro groups is 1. The Balaban J connectivity index is 2.17. The molecule has 1 aromatic rings. The number of rotatable bonds is 5. The van der Waals surface area contributed by atoms with Crippen molar-refractivity contribution in [1.82, 2.24) is 4.98 Å². The number of anilines is 1. The molecule has 1 fully saturated rings. The van der Waals surface area contributed by atoms with E-state index in [2.05, 4.69) is 4.98 Å². The maximum absolute atomic E-state index is 11.1. The van der Waals surface area contributed by atoms with Crippen LogP contribution >= 0.6 is 0 Å². The molecule has 0 unspecified atom stereocenters. The molecule has 0 atom stereocenters. The molecule has 0 aliphatic heterocycles. The molecule has 0 spiro atoms. The van der Waals surface area contributed by atoms with Crippen molar-refractivity contribution >= 4 is 17.5 Å². The summed E-state index contributed by atoms with van der Waals surface area (Å²) in [5.41, 5.74) is -0.794. The summed E-state index contributed by atoms with van der Waals surface area (Å²) in [6.07, 6.45) is 7.10. The van der Waals surface area contributed by atoms with E-state index in [4.69, 9.17) is 5.11 Å². The van der Waals surface area contributed by atoms with Crippen LogP contribution in [0.5, 0.6) is 0 Å². The van der Waals surface area contributed by atoms with Gasteiger partial charge in [0.2, 0.25) is 0 Å². The van der Waals surface area contributed by atoms with Crippen LogP contribution in [0.1, 0.15) is 42.5 Å². The standard InChI is InChI=1S/C14H19N3O4/c1-16(9-10-5-3-2-4-6-10)13-7-11(14(18)19)12(8-15-13)17(20)21/h7-8,10H,2-6,9H2,1H3,(H,18,19). The first kappa shape index (κ1) is 15.2. The van der Waals surface area contributed by atoms with Crippen molar-refractivity contribution in [3.8, 4) is 0 Å². The molecule has 1 saturated carbocycles. The van der Waals surface area contributed by atoms with Gasteiger partial charge in [-0.3, -0.25) is 10.1 Å². The predicted octanol–water partition coefficient (Wildman–Crippen LogP) is 2.70. The first-order chi connectivity index (χ1) is 9.99. The summed E-state index contributed by atoms with van der Waals surface area (Å²) < 4.78 is 0. The topological polar surface area (TPSA) is 96.6 Å². The SMILES string of the molecule is CN(CC1CCCCC1)c1cc(C(=O)O)c([N+](=O)[O-])cn1. The minimum Gasteiger partial charge on any atom is -0.477 e. The Morgan fingerprint density at radius 3 is 2.71 bits per heavy atom. The van der Waals surface area contributed by atoms with Gasteiger partial charge in [-0.1, -0.05) is 19.3 Å². The maximum atomic E-state index is 11.1. The average Bonchev–Trinajstić information content (AvgIpc) is 2.47. The molecule has 7 nitrogen and oxygen atoms in total. The molecule has 0 saturated heterocycles. The molecule has 1 aliphatic carbocycles. The maximum Gasteiger partial charge on any atom is 0.342 e. The third-order valence-electron chi connectivity index (χ3n) is 3.94. The summed E-state index contributed by atoms with van der Waals surface area (Å²) in [5, 5.41) is 19.9. The average molecular weight is 293 g/mol.